The van der Waals surface area contributed by atoms with E-state index in [1.807, 2.05) is 4.90 Å². The maximum atomic E-state index is 12.4. The number of aromatic nitrogens is 1. The molecule has 7 heteroatoms. The smallest absolute Gasteiger partial charge is 0.223 e. The number of amides is 1. The number of piperazine rings is 1. The number of rotatable bonds is 5. The lowest BCUT2D eigenvalue weighted by Crippen LogP contribution is -2.62. The predicted octanol–water partition coefficient (Wildman–Crippen LogP) is 1.97. The second kappa shape index (κ2) is 7.64. The first kappa shape index (κ1) is 16.7. The van der Waals surface area contributed by atoms with E-state index < -0.39 is 0 Å². The zero-order valence-corrected chi connectivity index (χ0v) is 14.3. The number of hydrogen-bond donors (Lipinski definition) is 0. The summed E-state index contributed by atoms with van der Waals surface area (Å²) in [6.45, 7) is 6.26. The lowest BCUT2D eigenvalue weighted by Gasteiger charge is -2.48. The van der Waals surface area contributed by atoms with Gasteiger partial charge in [-0.2, -0.15) is 0 Å². The summed E-state index contributed by atoms with van der Waals surface area (Å²) in [5.41, 5.74) is 0. The average Bonchev–Trinajstić information content (AvgIpc) is 2.98. The standard InChI is InChI=1S/C16H24ClN3O3/c1-2-3-12-10-22-11-13-9-19(6-7-20(12)13)16(21)5-4-14-8-15(17)18-23-14/h8,12-13H,2-7,9-11H2,1H3/t12-,13+/m0/s1. The molecule has 0 radical (unpaired) electrons. The van der Waals surface area contributed by atoms with E-state index in [1.165, 1.54) is 6.42 Å². The maximum absolute atomic E-state index is 12.4. The first-order valence-electron chi connectivity index (χ1n) is 8.39. The van der Waals surface area contributed by atoms with Crippen molar-refractivity contribution in [1.29, 1.82) is 0 Å². The number of fused-ring (bicyclic) bond motifs is 1. The molecule has 2 aliphatic heterocycles. The topological polar surface area (TPSA) is 58.8 Å². The monoisotopic (exact) mass is 341 g/mol. The number of nitrogens with zero attached hydrogens (tertiary/aromatic N) is 3. The van der Waals surface area contributed by atoms with Crippen molar-refractivity contribution in [2.24, 2.45) is 0 Å². The average molecular weight is 342 g/mol. The van der Waals surface area contributed by atoms with Crippen LogP contribution in [0.3, 0.4) is 0 Å². The Morgan fingerprint density at radius 2 is 2.30 bits per heavy atom. The van der Waals surface area contributed by atoms with Gasteiger partial charge in [0, 0.05) is 44.6 Å². The molecule has 128 valence electrons. The Morgan fingerprint density at radius 3 is 3.04 bits per heavy atom. The Labute approximate surface area is 141 Å². The van der Waals surface area contributed by atoms with E-state index >= 15 is 0 Å². The molecule has 2 fully saturated rings. The van der Waals surface area contributed by atoms with Gasteiger partial charge in [-0.15, -0.1) is 0 Å². The molecular formula is C16H24ClN3O3. The van der Waals surface area contributed by atoms with Crippen molar-refractivity contribution in [3.05, 3.63) is 17.0 Å². The van der Waals surface area contributed by atoms with Crippen LogP contribution in [-0.2, 0) is 16.0 Å². The highest BCUT2D eigenvalue weighted by Gasteiger charge is 2.36. The molecule has 3 heterocycles. The van der Waals surface area contributed by atoms with Crippen molar-refractivity contribution < 1.29 is 14.1 Å². The molecule has 0 aromatic carbocycles. The molecule has 1 amide bonds. The van der Waals surface area contributed by atoms with E-state index in [1.54, 1.807) is 6.07 Å². The molecule has 1 aromatic heterocycles. The fraction of sp³-hybridized carbons (Fsp3) is 0.750. The van der Waals surface area contributed by atoms with Crippen LogP contribution in [-0.4, -0.2) is 65.8 Å². The number of halogens is 1. The van der Waals surface area contributed by atoms with Crippen LogP contribution < -0.4 is 0 Å². The molecule has 6 nitrogen and oxygen atoms in total. The summed E-state index contributed by atoms with van der Waals surface area (Å²) in [6.07, 6.45) is 3.30. The summed E-state index contributed by atoms with van der Waals surface area (Å²) in [6, 6.07) is 2.50. The van der Waals surface area contributed by atoms with Crippen LogP contribution >= 0.6 is 11.6 Å². The summed E-state index contributed by atoms with van der Waals surface area (Å²) >= 11 is 5.72. The van der Waals surface area contributed by atoms with Crippen molar-refractivity contribution in [1.82, 2.24) is 15.0 Å². The molecule has 0 aliphatic carbocycles. The lowest BCUT2D eigenvalue weighted by molar-refractivity contribution is -0.140. The quantitative estimate of drug-likeness (QED) is 0.819. The molecule has 2 atom stereocenters. The van der Waals surface area contributed by atoms with Crippen LogP contribution in [0.15, 0.2) is 10.6 Å². The fourth-order valence-corrected chi connectivity index (χ4v) is 3.69. The SMILES string of the molecule is CCC[C@H]1COC[C@H]2CN(C(=O)CCc3cc(Cl)no3)CCN12. The minimum absolute atomic E-state index is 0.162. The Morgan fingerprint density at radius 1 is 1.43 bits per heavy atom. The van der Waals surface area contributed by atoms with Crippen molar-refractivity contribution in [2.45, 2.75) is 44.7 Å². The molecule has 2 aliphatic rings. The Balaban J connectivity index is 1.51. The minimum atomic E-state index is 0.162. The highest BCUT2D eigenvalue weighted by Crippen LogP contribution is 2.22. The largest absolute Gasteiger partial charge is 0.378 e. The molecule has 0 unspecified atom stereocenters. The van der Waals surface area contributed by atoms with Gasteiger partial charge in [-0.1, -0.05) is 30.1 Å². The highest BCUT2D eigenvalue weighted by atomic mass is 35.5. The zero-order chi connectivity index (χ0) is 16.2. The van der Waals surface area contributed by atoms with E-state index in [0.29, 0.717) is 35.8 Å². The molecule has 0 spiro atoms. The van der Waals surface area contributed by atoms with E-state index in [2.05, 4.69) is 17.0 Å². The van der Waals surface area contributed by atoms with Gasteiger partial charge in [-0.05, 0) is 6.42 Å². The van der Waals surface area contributed by atoms with Crippen LogP contribution in [0.25, 0.3) is 0 Å². The molecule has 3 rings (SSSR count). The Bertz CT molecular complexity index is 534. The van der Waals surface area contributed by atoms with E-state index in [4.69, 9.17) is 20.9 Å². The molecule has 23 heavy (non-hydrogen) atoms. The van der Waals surface area contributed by atoms with Crippen molar-refractivity contribution in [3.63, 3.8) is 0 Å². The number of hydrogen-bond acceptors (Lipinski definition) is 5. The third-order valence-electron chi connectivity index (χ3n) is 4.71. The van der Waals surface area contributed by atoms with Crippen molar-refractivity contribution >= 4 is 17.5 Å². The van der Waals surface area contributed by atoms with E-state index in [9.17, 15) is 4.79 Å². The Hall–Kier alpha value is -1.11. The summed E-state index contributed by atoms with van der Waals surface area (Å²) in [7, 11) is 0. The fourth-order valence-electron chi connectivity index (χ4n) is 3.54. The van der Waals surface area contributed by atoms with Crippen molar-refractivity contribution in [3.8, 4) is 0 Å². The lowest BCUT2D eigenvalue weighted by atomic mass is 10.0. The van der Waals surface area contributed by atoms with Gasteiger partial charge in [-0.3, -0.25) is 9.69 Å². The van der Waals surface area contributed by atoms with Crippen LogP contribution in [0.1, 0.15) is 31.9 Å². The summed E-state index contributed by atoms with van der Waals surface area (Å²) < 4.78 is 10.8. The van der Waals surface area contributed by atoms with Gasteiger partial charge >= 0.3 is 0 Å². The van der Waals surface area contributed by atoms with E-state index in [0.717, 1.165) is 39.3 Å². The molecule has 0 bridgehead atoms. The number of carbonyl (C=O) groups excluding carboxylic acids is 1. The van der Waals surface area contributed by atoms with Gasteiger partial charge in [0.25, 0.3) is 0 Å². The van der Waals surface area contributed by atoms with Gasteiger partial charge in [0.05, 0.1) is 19.3 Å². The molecule has 0 N–H and O–H groups in total. The van der Waals surface area contributed by atoms with Crippen LogP contribution in [0.2, 0.25) is 5.15 Å². The second-order valence-electron chi connectivity index (χ2n) is 6.33. The van der Waals surface area contributed by atoms with Crippen LogP contribution in [0.4, 0.5) is 0 Å². The molecule has 0 saturated carbocycles. The summed E-state index contributed by atoms with van der Waals surface area (Å²) in [4.78, 5) is 16.9. The highest BCUT2D eigenvalue weighted by molar-refractivity contribution is 6.29. The first-order chi connectivity index (χ1) is 11.2. The van der Waals surface area contributed by atoms with Crippen LogP contribution in [0.5, 0.6) is 0 Å². The van der Waals surface area contributed by atoms with Gasteiger partial charge in [-0.25, -0.2) is 0 Å². The maximum Gasteiger partial charge on any atom is 0.223 e. The van der Waals surface area contributed by atoms with Gasteiger partial charge in [0.15, 0.2) is 5.15 Å². The second-order valence-corrected chi connectivity index (χ2v) is 6.71. The summed E-state index contributed by atoms with van der Waals surface area (Å²) in [5.74, 6) is 0.820. The third-order valence-corrected chi connectivity index (χ3v) is 4.89. The normalized spacial score (nSPS) is 25.4. The predicted molar refractivity (Wildman–Crippen MR) is 86.4 cm³/mol. The molecule has 1 aromatic rings. The Kier molecular flexibility index (Phi) is 5.56. The van der Waals surface area contributed by atoms with E-state index in [-0.39, 0.29) is 5.91 Å². The summed E-state index contributed by atoms with van der Waals surface area (Å²) in [5, 5.41) is 3.96. The minimum Gasteiger partial charge on any atom is -0.378 e. The third kappa shape index (κ3) is 4.05. The number of morpholine rings is 1. The van der Waals surface area contributed by atoms with Crippen molar-refractivity contribution in [2.75, 3.05) is 32.8 Å². The first-order valence-corrected chi connectivity index (χ1v) is 8.77. The molecule has 2 saturated heterocycles. The zero-order valence-electron chi connectivity index (χ0n) is 13.5. The van der Waals surface area contributed by atoms with Crippen LogP contribution in [0, 0.1) is 0 Å². The van der Waals surface area contributed by atoms with Gasteiger partial charge in [0.1, 0.15) is 5.76 Å². The van der Waals surface area contributed by atoms with Gasteiger partial charge in [0.2, 0.25) is 5.91 Å². The van der Waals surface area contributed by atoms with Gasteiger partial charge < -0.3 is 14.2 Å². The number of ether oxygens (including phenoxy) is 1. The molecular weight excluding hydrogens is 318 g/mol. The number of aryl methyl sites for hydroxylation is 1. The number of carbonyl (C=O) groups is 1.